The predicted molar refractivity (Wildman–Crippen MR) is 108 cm³/mol. The molecule has 2 heterocycles. The molecular formula is C22H32N4O3. The number of anilines is 1. The molecule has 0 radical (unpaired) electrons. The van der Waals surface area contributed by atoms with Crippen molar-refractivity contribution in [1.29, 1.82) is 0 Å². The zero-order valence-electron chi connectivity index (χ0n) is 17.2. The molecule has 1 saturated heterocycles. The molecule has 158 valence electrons. The molecule has 0 aromatic carbocycles. The summed E-state index contributed by atoms with van der Waals surface area (Å²) < 4.78 is 4.90. The Morgan fingerprint density at radius 3 is 2.62 bits per heavy atom. The number of carbonyl (C=O) groups is 2. The number of nitrogens with one attached hydrogen (secondary N) is 2. The number of piperidine rings is 1. The fraction of sp³-hybridized carbons (Fsp3) is 0.773. The zero-order chi connectivity index (χ0) is 20.0. The molecule has 0 spiro atoms. The van der Waals surface area contributed by atoms with Crippen LogP contribution in [0.15, 0.2) is 6.20 Å². The van der Waals surface area contributed by atoms with Crippen molar-refractivity contribution in [3.8, 4) is 0 Å². The lowest BCUT2D eigenvalue weighted by molar-refractivity contribution is -0.150. The summed E-state index contributed by atoms with van der Waals surface area (Å²) in [5.74, 6) is 3.66. The molecule has 7 heteroatoms. The van der Waals surface area contributed by atoms with Gasteiger partial charge in [-0.15, -0.1) is 0 Å². The van der Waals surface area contributed by atoms with Gasteiger partial charge < -0.3 is 15.0 Å². The van der Waals surface area contributed by atoms with Crippen LogP contribution in [0.2, 0.25) is 0 Å². The van der Waals surface area contributed by atoms with Crippen molar-refractivity contribution in [2.75, 3.05) is 32.1 Å². The lowest BCUT2D eigenvalue weighted by Gasteiger charge is -2.54. The van der Waals surface area contributed by atoms with Crippen LogP contribution in [0.5, 0.6) is 0 Å². The summed E-state index contributed by atoms with van der Waals surface area (Å²) in [4.78, 5) is 27.6. The minimum atomic E-state index is -0.188. The molecule has 2 N–H and O–H groups in total. The highest BCUT2D eigenvalue weighted by atomic mass is 16.5. The molecule has 7 nitrogen and oxygen atoms in total. The number of methoxy groups -OCH3 is 1. The molecule has 4 saturated carbocycles. The Morgan fingerprint density at radius 2 is 1.93 bits per heavy atom. The number of H-pyrrole nitrogens is 1. The summed E-state index contributed by atoms with van der Waals surface area (Å²) in [6, 6.07) is 0. The minimum Gasteiger partial charge on any atom is -0.375 e. The number of ether oxygens (including phenoxy) is 1. The Hall–Kier alpha value is -1.89. The van der Waals surface area contributed by atoms with Crippen LogP contribution in [-0.2, 0) is 14.3 Å². The summed E-state index contributed by atoms with van der Waals surface area (Å²) in [5, 5.41) is 10.1. The van der Waals surface area contributed by atoms with Crippen LogP contribution < -0.4 is 5.32 Å². The third kappa shape index (κ3) is 3.58. The first-order valence-electron chi connectivity index (χ1n) is 11.2. The second-order valence-corrected chi connectivity index (χ2v) is 9.76. The van der Waals surface area contributed by atoms with Gasteiger partial charge in [0.1, 0.15) is 6.61 Å². The fourth-order valence-electron chi connectivity index (χ4n) is 6.98. The summed E-state index contributed by atoms with van der Waals surface area (Å²) in [5.41, 5.74) is 1.64. The van der Waals surface area contributed by atoms with E-state index in [2.05, 4.69) is 20.4 Å². The maximum Gasteiger partial charge on any atom is 0.250 e. The first-order valence-corrected chi connectivity index (χ1v) is 11.2. The lowest BCUT2D eigenvalue weighted by atomic mass is 9.51. The highest BCUT2D eigenvalue weighted by Gasteiger charge is 2.51. The van der Waals surface area contributed by atoms with Crippen LogP contribution in [0, 0.1) is 29.6 Å². The van der Waals surface area contributed by atoms with E-state index in [0.717, 1.165) is 43.5 Å². The number of likely N-dealkylation sites (tertiary alicyclic amines) is 1. The van der Waals surface area contributed by atoms with Crippen molar-refractivity contribution in [3.05, 3.63) is 11.9 Å². The van der Waals surface area contributed by atoms with E-state index < -0.39 is 0 Å². The number of amides is 2. The molecule has 2 amide bonds. The molecule has 4 bridgehead atoms. The summed E-state index contributed by atoms with van der Waals surface area (Å²) in [7, 11) is 1.50. The summed E-state index contributed by atoms with van der Waals surface area (Å²) >= 11 is 0. The van der Waals surface area contributed by atoms with Crippen molar-refractivity contribution in [1.82, 2.24) is 15.1 Å². The van der Waals surface area contributed by atoms with E-state index in [-0.39, 0.29) is 24.3 Å². The molecule has 4 aliphatic carbocycles. The topological polar surface area (TPSA) is 87.3 Å². The normalized spacial score (nSPS) is 35.7. The quantitative estimate of drug-likeness (QED) is 0.796. The van der Waals surface area contributed by atoms with Crippen molar-refractivity contribution in [2.24, 2.45) is 29.6 Å². The number of carbonyl (C=O) groups excluding carboxylic acids is 2. The molecule has 5 fully saturated rings. The first-order chi connectivity index (χ1) is 14.1. The van der Waals surface area contributed by atoms with Crippen LogP contribution in [0.3, 0.4) is 0 Å². The van der Waals surface area contributed by atoms with Gasteiger partial charge in [0.15, 0.2) is 0 Å². The van der Waals surface area contributed by atoms with E-state index in [4.69, 9.17) is 4.74 Å². The van der Waals surface area contributed by atoms with Crippen LogP contribution in [0.1, 0.15) is 56.6 Å². The van der Waals surface area contributed by atoms with E-state index in [0.29, 0.717) is 23.4 Å². The molecule has 6 rings (SSSR count). The van der Waals surface area contributed by atoms with Gasteiger partial charge in [-0.25, -0.2) is 0 Å². The van der Waals surface area contributed by atoms with Gasteiger partial charge in [0.2, 0.25) is 11.8 Å². The number of aromatic amines is 1. The number of hydrogen-bond donors (Lipinski definition) is 2. The number of rotatable bonds is 5. The molecule has 5 aliphatic rings. The average molecular weight is 401 g/mol. The van der Waals surface area contributed by atoms with Gasteiger partial charge in [0.25, 0.3) is 0 Å². The Bertz CT molecular complexity index is 748. The van der Waals surface area contributed by atoms with Crippen molar-refractivity contribution >= 4 is 17.5 Å². The number of nitrogens with zero attached hydrogens (tertiary/aromatic N) is 2. The molecule has 1 aromatic heterocycles. The second kappa shape index (κ2) is 7.74. The zero-order valence-corrected chi connectivity index (χ0v) is 17.2. The van der Waals surface area contributed by atoms with E-state index >= 15 is 0 Å². The third-order valence-electron chi connectivity index (χ3n) is 7.87. The molecule has 0 unspecified atom stereocenters. The Labute approximate surface area is 171 Å². The Kier molecular flexibility index (Phi) is 5.10. The smallest absolute Gasteiger partial charge is 0.250 e. The minimum absolute atomic E-state index is 0.0202. The van der Waals surface area contributed by atoms with E-state index in [1.807, 2.05) is 0 Å². The maximum atomic E-state index is 13.6. The van der Waals surface area contributed by atoms with E-state index in [9.17, 15) is 9.59 Å². The van der Waals surface area contributed by atoms with Gasteiger partial charge in [-0.1, -0.05) is 0 Å². The van der Waals surface area contributed by atoms with E-state index in [1.165, 1.54) is 39.2 Å². The van der Waals surface area contributed by atoms with E-state index in [1.54, 1.807) is 6.20 Å². The van der Waals surface area contributed by atoms with Crippen molar-refractivity contribution in [3.63, 3.8) is 0 Å². The fourth-order valence-corrected chi connectivity index (χ4v) is 6.98. The van der Waals surface area contributed by atoms with Crippen LogP contribution in [0.4, 0.5) is 5.69 Å². The Balaban J connectivity index is 1.27. The van der Waals surface area contributed by atoms with Crippen LogP contribution >= 0.6 is 0 Å². The predicted octanol–water partition coefficient (Wildman–Crippen LogP) is 2.77. The highest BCUT2D eigenvalue weighted by Crippen LogP contribution is 2.57. The summed E-state index contributed by atoms with van der Waals surface area (Å²) in [6.45, 7) is 1.60. The van der Waals surface area contributed by atoms with Crippen molar-refractivity contribution in [2.45, 2.75) is 50.9 Å². The molecule has 1 aromatic rings. The Morgan fingerprint density at radius 1 is 1.21 bits per heavy atom. The highest BCUT2D eigenvalue weighted by molar-refractivity contribution is 5.92. The van der Waals surface area contributed by atoms with Gasteiger partial charge in [0, 0.05) is 32.0 Å². The average Bonchev–Trinajstić information content (AvgIpc) is 3.15. The van der Waals surface area contributed by atoms with Crippen molar-refractivity contribution < 1.29 is 14.3 Å². The standard InChI is InChI=1S/C22H32N4O3/c1-29-12-19(27)24-18-10-23-25-21(18)15-3-2-4-26(11-15)22(28)20-16-6-13-5-14(8-16)9-17(20)7-13/h10,13-17,20H,2-9,11-12H2,1H3,(H,23,25)(H,24,27)/t13?,14?,15-,16?,17?,20?/m0/s1. The van der Waals surface area contributed by atoms with Gasteiger partial charge in [0.05, 0.1) is 17.6 Å². The second-order valence-electron chi connectivity index (χ2n) is 9.76. The van der Waals surface area contributed by atoms with Gasteiger partial charge in [-0.05, 0) is 68.6 Å². The number of aromatic nitrogens is 2. The first kappa shape index (κ1) is 19.1. The SMILES string of the molecule is COCC(=O)Nc1cn[nH]c1[C@H]1CCCN(C(=O)C2C3CC4CC(C3)CC2C4)C1. The van der Waals surface area contributed by atoms with Gasteiger partial charge in [-0.3, -0.25) is 14.7 Å². The lowest BCUT2D eigenvalue weighted by Crippen LogP contribution is -2.53. The largest absolute Gasteiger partial charge is 0.375 e. The third-order valence-corrected chi connectivity index (χ3v) is 7.87. The molecule has 29 heavy (non-hydrogen) atoms. The van der Waals surface area contributed by atoms with Crippen LogP contribution in [0.25, 0.3) is 0 Å². The molecule has 1 atom stereocenters. The monoisotopic (exact) mass is 400 g/mol. The maximum absolute atomic E-state index is 13.6. The molecular weight excluding hydrogens is 368 g/mol. The summed E-state index contributed by atoms with van der Waals surface area (Å²) in [6.07, 6.45) is 10.2. The van der Waals surface area contributed by atoms with Gasteiger partial charge >= 0.3 is 0 Å². The van der Waals surface area contributed by atoms with Gasteiger partial charge in [-0.2, -0.15) is 5.10 Å². The number of hydrogen-bond acceptors (Lipinski definition) is 4. The van der Waals surface area contributed by atoms with Crippen LogP contribution in [-0.4, -0.2) is 53.7 Å². The molecule has 1 aliphatic heterocycles.